The van der Waals surface area contributed by atoms with Gasteiger partial charge in [0.2, 0.25) is 0 Å². The topological polar surface area (TPSA) is 21.3 Å². The van der Waals surface area contributed by atoms with Crippen LogP contribution in [0.3, 0.4) is 0 Å². The van der Waals surface area contributed by atoms with E-state index in [1.165, 1.54) is 5.56 Å². The Morgan fingerprint density at radius 1 is 1.40 bits per heavy atom. The second-order valence-corrected chi connectivity index (χ2v) is 4.40. The van der Waals surface area contributed by atoms with Crippen LogP contribution in [-0.4, -0.2) is 25.7 Å². The first-order chi connectivity index (χ1) is 7.29. The highest BCUT2D eigenvalue weighted by atomic mass is 32.2. The lowest BCUT2D eigenvalue weighted by Gasteiger charge is -2.16. The highest BCUT2D eigenvalue weighted by Crippen LogP contribution is 2.23. The number of methoxy groups -OCH3 is 1. The highest BCUT2D eigenvalue weighted by Gasteiger charge is 2.08. The van der Waals surface area contributed by atoms with Crippen molar-refractivity contribution in [3.63, 3.8) is 0 Å². The Morgan fingerprint density at radius 2 is 2.13 bits per heavy atom. The molecule has 15 heavy (non-hydrogen) atoms. The molecule has 0 saturated carbocycles. The van der Waals surface area contributed by atoms with Crippen LogP contribution < -0.4 is 10.1 Å². The maximum Gasteiger partial charge on any atom is 0.123 e. The molecule has 0 spiro atoms. The van der Waals surface area contributed by atoms with Crippen LogP contribution in [0.4, 0.5) is 0 Å². The van der Waals surface area contributed by atoms with Crippen molar-refractivity contribution in [2.75, 3.05) is 25.7 Å². The Kier molecular flexibility index (Phi) is 5.58. The number of hydrogen-bond acceptors (Lipinski definition) is 3. The summed E-state index contributed by atoms with van der Waals surface area (Å²) in [5, 5.41) is 3.47. The van der Waals surface area contributed by atoms with Crippen molar-refractivity contribution in [3.05, 3.63) is 29.8 Å². The van der Waals surface area contributed by atoms with Gasteiger partial charge in [0.25, 0.3) is 0 Å². The predicted octanol–water partition coefficient (Wildman–Crippen LogP) is 2.71. The first-order valence-electron chi connectivity index (χ1n) is 5.14. The van der Waals surface area contributed by atoms with Crippen LogP contribution in [0.5, 0.6) is 5.75 Å². The molecule has 2 nitrogen and oxygen atoms in total. The van der Waals surface area contributed by atoms with Crippen LogP contribution in [0.1, 0.15) is 18.5 Å². The minimum Gasteiger partial charge on any atom is -0.496 e. The normalized spacial score (nSPS) is 12.5. The molecule has 0 saturated heterocycles. The van der Waals surface area contributed by atoms with Crippen molar-refractivity contribution in [2.24, 2.45) is 0 Å². The summed E-state index contributed by atoms with van der Waals surface area (Å²) in [6.45, 7) is 3.19. The molecule has 0 aliphatic rings. The monoisotopic (exact) mass is 225 g/mol. The molecule has 1 atom stereocenters. The van der Waals surface area contributed by atoms with E-state index in [0.717, 1.165) is 18.0 Å². The standard InChI is InChI=1S/C12H19NOS/c1-10(13-8-9-15-3)11-6-4-5-7-12(11)14-2/h4-7,10,13H,8-9H2,1-3H3/t10-/m1/s1. The lowest BCUT2D eigenvalue weighted by Crippen LogP contribution is -2.21. The summed E-state index contributed by atoms with van der Waals surface area (Å²) in [6.07, 6.45) is 2.12. The molecule has 0 aromatic heterocycles. The molecular formula is C12H19NOS. The molecule has 1 N–H and O–H groups in total. The fraction of sp³-hybridized carbons (Fsp3) is 0.500. The van der Waals surface area contributed by atoms with E-state index < -0.39 is 0 Å². The zero-order valence-corrected chi connectivity index (χ0v) is 10.4. The van der Waals surface area contributed by atoms with Crippen LogP contribution in [0.25, 0.3) is 0 Å². The molecule has 1 rings (SSSR count). The SMILES string of the molecule is COc1ccccc1[C@@H](C)NCCSC. The number of para-hydroxylation sites is 1. The highest BCUT2D eigenvalue weighted by molar-refractivity contribution is 7.98. The van der Waals surface area contributed by atoms with Gasteiger partial charge in [0.1, 0.15) is 5.75 Å². The second-order valence-electron chi connectivity index (χ2n) is 3.41. The van der Waals surface area contributed by atoms with Crippen LogP contribution in [0, 0.1) is 0 Å². The molecular weight excluding hydrogens is 206 g/mol. The smallest absolute Gasteiger partial charge is 0.123 e. The summed E-state index contributed by atoms with van der Waals surface area (Å²) in [6, 6.07) is 8.49. The van der Waals surface area contributed by atoms with Crippen LogP contribution >= 0.6 is 11.8 Å². The Bertz CT molecular complexity index is 291. The maximum absolute atomic E-state index is 5.33. The van der Waals surface area contributed by atoms with Crippen molar-refractivity contribution in [2.45, 2.75) is 13.0 Å². The van der Waals surface area contributed by atoms with Gasteiger partial charge in [0.15, 0.2) is 0 Å². The van der Waals surface area contributed by atoms with Crippen LogP contribution in [0.15, 0.2) is 24.3 Å². The van der Waals surface area contributed by atoms with Gasteiger partial charge in [-0.25, -0.2) is 0 Å². The van der Waals surface area contributed by atoms with E-state index in [4.69, 9.17) is 4.74 Å². The lowest BCUT2D eigenvalue weighted by molar-refractivity contribution is 0.402. The van der Waals surface area contributed by atoms with Crippen molar-refractivity contribution in [1.82, 2.24) is 5.32 Å². The lowest BCUT2D eigenvalue weighted by atomic mass is 10.1. The summed E-state index contributed by atoms with van der Waals surface area (Å²) in [5.74, 6) is 2.10. The molecule has 84 valence electrons. The van der Waals surface area contributed by atoms with Crippen molar-refractivity contribution in [1.29, 1.82) is 0 Å². The molecule has 0 radical (unpaired) electrons. The number of benzene rings is 1. The quantitative estimate of drug-likeness (QED) is 0.752. The third-order valence-electron chi connectivity index (χ3n) is 2.36. The molecule has 3 heteroatoms. The average molecular weight is 225 g/mol. The first-order valence-corrected chi connectivity index (χ1v) is 6.54. The third kappa shape index (κ3) is 3.76. The average Bonchev–Trinajstić information content (AvgIpc) is 2.29. The predicted molar refractivity (Wildman–Crippen MR) is 67.8 cm³/mol. The Hall–Kier alpha value is -0.670. The number of rotatable bonds is 6. The number of hydrogen-bond donors (Lipinski definition) is 1. The third-order valence-corrected chi connectivity index (χ3v) is 2.97. The number of nitrogens with one attached hydrogen (secondary N) is 1. The van der Waals surface area contributed by atoms with Crippen molar-refractivity contribution in [3.8, 4) is 5.75 Å². The van der Waals surface area contributed by atoms with Gasteiger partial charge in [-0.15, -0.1) is 0 Å². The maximum atomic E-state index is 5.33. The molecule has 0 bridgehead atoms. The number of ether oxygens (including phenoxy) is 1. The van der Waals surface area contributed by atoms with Gasteiger partial charge in [0, 0.05) is 23.9 Å². The first kappa shape index (κ1) is 12.4. The van der Waals surface area contributed by atoms with E-state index >= 15 is 0 Å². The molecule has 0 aliphatic carbocycles. The molecule has 1 aromatic carbocycles. The van der Waals surface area contributed by atoms with E-state index in [1.54, 1.807) is 7.11 Å². The van der Waals surface area contributed by atoms with E-state index in [2.05, 4.69) is 24.6 Å². The molecule has 1 aromatic rings. The molecule has 0 heterocycles. The zero-order valence-electron chi connectivity index (χ0n) is 9.62. The Balaban J connectivity index is 2.59. The molecule has 0 aliphatic heterocycles. The van der Waals surface area contributed by atoms with Gasteiger partial charge < -0.3 is 10.1 Å². The minimum atomic E-state index is 0.341. The van der Waals surface area contributed by atoms with Crippen LogP contribution in [-0.2, 0) is 0 Å². The van der Waals surface area contributed by atoms with Gasteiger partial charge >= 0.3 is 0 Å². The Labute approximate surface area is 96.4 Å². The van der Waals surface area contributed by atoms with E-state index in [9.17, 15) is 0 Å². The fourth-order valence-corrected chi connectivity index (χ4v) is 1.83. The number of thioether (sulfide) groups is 1. The van der Waals surface area contributed by atoms with E-state index in [1.807, 2.05) is 30.0 Å². The summed E-state index contributed by atoms with van der Waals surface area (Å²) in [4.78, 5) is 0. The summed E-state index contributed by atoms with van der Waals surface area (Å²) < 4.78 is 5.33. The summed E-state index contributed by atoms with van der Waals surface area (Å²) >= 11 is 1.86. The summed E-state index contributed by atoms with van der Waals surface area (Å²) in [7, 11) is 1.72. The molecule has 0 fully saturated rings. The fourth-order valence-electron chi connectivity index (χ4n) is 1.51. The van der Waals surface area contributed by atoms with Crippen LogP contribution in [0.2, 0.25) is 0 Å². The van der Waals surface area contributed by atoms with Gasteiger partial charge in [-0.3, -0.25) is 0 Å². The van der Waals surface area contributed by atoms with Gasteiger partial charge in [-0.1, -0.05) is 18.2 Å². The van der Waals surface area contributed by atoms with Gasteiger partial charge in [0.05, 0.1) is 7.11 Å². The van der Waals surface area contributed by atoms with E-state index in [-0.39, 0.29) is 0 Å². The minimum absolute atomic E-state index is 0.341. The van der Waals surface area contributed by atoms with Crippen molar-refractivity contribution >= 4 is 11.8 Å². The zero-order chi connectivity index (χ0) is 11.1. The van der Waals surface area contributed by atoms with Gasteiger partial charge in [-0.05, 0) is 19.2 Å². The molecule has 0 unspecified atom stereocenters. The molecule has 0 amide bonds. The second kappa shape index (κ2) is 6.75. The van der Waals surface area contributed by atoms with Crippen molar-refractivity contribution < 1.29 is 4.74 Å². The van der Waals surface area contributed by atoms with Gasteiger partial charge in [-0.2, -0.15) is 11.8 Å². The Morgan fingerprint density at radius 3 is 2.80 bits per heavy atom. The van der Waals surface area contributed by atoms with E-state index in [0.29, 0.717) is 6.04 Å². The summed E-state index contributed by atoms with van der Waals surface area (Å²) in [5.41, 5.74) is 1.22. The largest absolute Gasteiger partial charge is 0.496 e.